The van der Waals surface area contributed by atoms with Gasteiger partial charge in [-0.05, 0) is 49.9 Å². The van der Waals surface area contributed by atoms with E-state index in [4.69, 9.17) is 9.26 Å². The zero-order valence-electron chi connectivity index (χ0n) is 18.6. The van der Waals surface area contributed by atoms with Crippen LogP contribution in [0.2, 0.25) is 0 Å². The van der Waals surface area contributed by atoms with Crippen LogP contribution < -0.4 is 4.74 Å². The molecule has 31 heavy (non-hydrogen) atoms. The van der Waals surface area contributed by atoms with Crippen LogP contribution in [0.25, 0.3) is 11.4 Å². The van der Waals surface area contributed by atoms with Crippen LogP contribution in [0, 0.1) is 0 Å². The Bertz CT molecular complexity index is 845. The minimum atomic E-state index is 0.293. The summed E-state index contributed by atoms with van der Waals surface area (Å²) in [6.07, 6.45) is 4.59. The van der Waals surface area contributed by atoms with E-state index in [0.717, 1.165) is 63.3 Å². The molecule has 0 aliphatic carbocycles. The van der Waals surface area contributed by atoms with E-state index in [2.05, 4.69) is 31.8 Å². The van der Waals surface area contributed by atoms with Gasteiger partial charge in [0.15, 0.2) is 0 Å². The van der Waals surface area contributed by atoms with Crippen LogP contribution in [0.5, 0.6) is 5.75 Å². The van der Waals surface area contributed by atoms with E-state index in [-0.39, 0.29) is 0 Å². The zero-order valence-corrected chi connectivity index (χ0v) is 18.6. The van der Waals surface area contributed by atoms with E-state index >= 15 is 0 Å². The van der Waals surface area contributed by atoms with Crippen molar-refractivity contribution < 1.29 is 14.1 Å². The number of rotatable bonds is 7. The number of carbonyl (C=O) groups is 1. The van der Waals surface area contributed by atoms with Gasteiger partial charge in [-0.2, -0.15) is 4.98 Å². The van der Waals surface area contributed by atoms with Crippen LogP contribution in [0.1, 0.15) is 38.5 Å². The number of benzene rings is 1. The molecule has 2 aromatic rings. The van der Waals surface area contributed by atoms with Crippen LogP contribution in [0.15, 0.2) is 28.8 Å². The number of hydrogen-bond donors (Lipinski definition) is 0. The average molecular weight is 428 g/mol. The minimum Gasteiger partial charge on any atom is -0.497 e. The number of piperidine rings is 1. The molecule has 2 aliphatic heterocycles. The maximum Gasteiger partial charge on any atom is 0.241 e. The third kappa shape index (κ3) is 5.43. The molecule has 1 unspecified atom stereocenters. The molecule has 2 fully saturated rings. The SMILES string of the molecule is CCC1CCCCN1C(=O)CN1CCN(Cc2nc(-c3ccc(OC)cc3)no2)CC1. The number of nitrogens with zero attached hydrogens (tertiary/aromatic N) is 5. The van der Waals surface area contributed by atoms with E-state index in [1.54, 1.807) is 7.11 Å². The lowest BCUT2D eigenvalue weighted by Crippen LogP contribution is -2.52. The summed E-state index contributed by atoms with van der Waals surface area (Å²) in [4.78, 5) is 24.1. The van der Waals surface area contributed by atoms with Gasteiger partial charge in [0.25, 0.3) is 0 Å². The van der Waals surface area contributed by atoms with Crippen LogP contribution in [-0.4, -0.2) is 83.2 Å². The van der Waals surface area contributed by atoms with Crippen molar-refractivity contribution in [2.24, 2.45) is 0 Å². The largest absolute Gasteiger partial charge is 0.497 e. The van der Waals surface area contributed by atoms with Crippen LogP contribution in [-0.2, 0) is 11.3 Å². The Morgan fingerprint density at radius 1 is 1.10 bits per heavy atom. The van der Waals surface area contributed by atoms with Crippen molar-refractivity contribution in [1.29, 1.82) is 0 Å². The number of amides is 1. The lowest BCUT2D eigenvalue weighted by atomic mass is 10.00. The summed E-state index contributed by atoms with van der Waals surface area (Å²) in [6, 6.07) is 8.06. The maximum absolute atomic E-state index is 12.8. The minimum absolute atomic E-state index is 0.293. The van der Waals surface area contributed by atoms with E-state index in [9.17, 15) is 4.79 Å². The Morgan fingerprint density at radius 2 is 1.84 bits per heavy atom. The molecular weight excluding hydrogens is 394 g/mol. The Morgan fingerprint density at radius 3 is 2.55 bits per heavy atom. The topological polar surface area (TPSA) is 74.9 Å². The number of likely N-dealkylation sites (tertiary alicyclic amines) is 1. The van der Waals surface area contributed by atoms with Crippen LogP contribution >= 0.6 is 0 Å². The maximum atomic E-state index is 12.8. The molecule has 0 spiro atoms. The number of methoxy groups -OCH3 is 1. The molecule has 0 N–H and O–H groups in total. The summed E-state index contributed by atoms with van der Waals surface area (Å²) in [5.74, 6) is 2.30. The molecule has 4 rings (SSSR count). The molecule has 0 saturated carbocycles. The lowest BCUT2D eigenvalue weighted by molar-refractivity contribution is -0.136. The molecule has 2 aliphatic rings. The number of aromatic nitrogens is 2. The van der Waals surface area contributed by atoms with Gasteiger partial charge in [-0.15, -0.1) is 0 Å². The van der Waals surface area contributed by atoms with Crippen molar-refractivity contribution in [2.45, 2.75) is 45.2 Å². The van der Waals surface area contributed by atoms with Crippen LogP contribution in [0.3, 0.4) is 0 Å². The monoisotopic (exact) mass is 427 g/mol. The summed E-state index contributed by atoms with van der Waals surface area (Å²) in [5.41, 5.74) is 0.905. The van der Waals surface area contributed by atoms with Gasteiger partial charge in [-0.25, -0.2) is 0 Å². The lowest BCUT2D eigenvalue weighted by Gasteiger charge is -2.38. The zero-order chi connectivity index (χ0) is 21.6. The first-order valence-corrected chi connectivity index (χ1v) is 11.4. The third-order valence-electron chi connectivity index (χ3n) is 6.42. The highest BCUT2D eigenvalue weighted by molar-refractivity contribution is 5.78. The van der Waals surface area contributed by atoms with Gasteiger partial charge in [0.2, 0.25) is 17.6 Å². The highest BCUT2D eigenvalue weighted by atomic mass is 16.5. The summed E-state index contributed by atoms with van der Waals surface area (Å²) >= 11 is 0. The van der Waals surface area contributed by atoms with E-state index in [1.807, 2.05) is 24.3 Å². The van der Waals surface area contributed by atoms with Crippen molar-refractivity contribution in [2.75, 3.05) is 46.4 Å². The molecule has 2 saturated heterocycles. The van der Waals surface area contributed by atoms with Gasteiger partial charge in [0.1, 0.15) is 5.75 Å². The molecule has 0 radical (unpaired) electrons. The molecule has 1 aromatic carbocycles. The molecular formula is C23H33N5O3. The number of hydrogen-bond acceptors (Lipinski definition) is 7. The van der Waals surface area contributed by atoms with Crippen LogP contribution in [0.4, 0.5) is 0 Å². The molecule has 168 valence electrons. The van der Waals surface area contributed by atoms with Gasteiger partial charge < -0.3 is 14.2 Å². The molecule has 1 aromatic heterocycles. The summed E-state index contributed by atoms with van der Waals surface area (Å²) in [7, 11) is 1.65. The second kappa shape index (κ2) is 10.2. The fourth-order valence-electron chi connectivity index (χ4n) is 4.51. The van der Waals surface area contributed by atoms with Crippen molar-refractivity contribution >= 4 is 5.91 Å². The predicted molar refractivity (Wildman–Crippen MR) is 118 cm³/mol. The fourth-order valence-corrected chi connectivity index (χ4v) is 4.51. The van der Waals surface area contributed by atoms with Gasteiger partial charge in [-0.3, -0.25) is 14.6 Å². The average Bonchev–Trinajstić information content (AvgIpc) is 3.28. The Kier molecular flexibility index (Phi) is 7.19. The van der Waals surface area contributed by atoms with Gasteiger partial charge in [0.05, 0.1) is 20.2 Å². The first-order valence-electron chi connectivity index (χ1n) is 11.4. The normalized spacial score (nSPS) is 20.7. The molecule has 8 nitrogen and oxygen atoms in total. The summed E-state index contributed by atoms with van der Waals surface area (Å²) < 4.78 is 10.7. The Hall–Kier alpha value is -2.45. The highest BCUT2D eigenvalue weighted by Gasteiger charge is 2.28. The number of piperazine rings is 1. The van der Waals surface area contributed by atoms with Crippen molar-refractivity contribution in [3.8, 4) is 17.1 Å². The summed E-state index contributed by atoms with van der Waals surface area (Å²) in [6.45, 7) is 7.83. The third-order valence-corrected chi connectivity index (χ3v) is 6.42. The first kappa shape index (κ1) is 21.8. The van der Waals surface area contributed by atoms with E-state index < -0.39 is 0 Å². The molecule has 1 amide bonds. The highest BCUT2D eigenvalue weighted by Crippen LogP contribution is 2.21. The molecule has 0 bridgehead atoms. The Balaban J connectivity index is 1.25. The number of carbonyl (C=O) groups excluding carboxylic acids is 1. The standard InChI is InChI=1S/C23H33N5O3/c1-3-19-6-4-5-11-28(19)22(29)17-27-14-12-26(13-15-27)16-21-24-23(25-31-21)18-7-9-20(30-2)10-8-18/h7-10,19H,3-6,11-17H2,1-2H3. The van der Waals surface area contributed by atoms with Crippen molar-refractivity contribution in [3.63, 3.8) is 0 Å². The second-order valence-electron chi connectivity index (χ2n) is 8.44. The summed E-state index contributed by atoms with van der Waals surface area (Å²) in [5, 5.41) is 4.11. The van der Waals surface area contributed by atoms with Gasteiger partial charge >= 0.3 is 0 Å². The molecule has 1 atom stereocenters. The van der Waals surface area contributed by atoms with Crippen molar-refractivity contribution in [1.82, 2.24) is 24.8 Å². The smallest absolute Gasteiger partial charge is 0.241 e. The van der Waals surface area contributed by atoms with Crippen molar-refractivity contribution in [3.05, 3.63) is 30.2 Å². The first-order chi connectivity index (χ1) is 15.2. The quantitative estimate of drug-likeness (QED) is 0.672. The van der Waals surface area contributed by atoms with Gasteiger partial charge in [0, 0.05) is 44.3 Å². The second-order valence-corrected chi connectivity index (χ2v) is 8.44. The van der Waals surface area contributed by atoms with Gasteiger partial charge in [-0.1, -0.05) is 12.1 Å². The molecule has 3 heterocycles. The van der Waals surface area contributed by atoms with E-state index in [1.165, 1.54) is 6.42 Å². The predicted octanol–water partition coefficient (Wildman–Crippen LogP) is 2.65. The molecule has 8 heteroatoms. The Labute approximate surface area is 184 Å². The fraction of sp³-hybridized carbons (Fsp3) is 0.609. The number of ether oxygens (including phenoxy) is 1. The van der Waals surface area contributed by atoms with E-state index in [0.29, 0.717) is 36.8 Å².